The molecule has 0 N–H and O–H groups in total. The van der Waals surface area contributed by atoms with Crippen molar-refractivity contribution in [2.45, 2.75) is 0 Å². The standard InChI is InChI=1S/C21H19FN4O2/c1-13(5-6-14(11-23)7-8-22)21-20-15-9-18(27-3)19(28-4)10-16(15)24-12-17(20)26(2)25-21/h5-7,9-10,12H,1,8H2,2-4H3/b6-5-,14-7+. The molecule has 0 radical (unpaired) electrons. The lowest BCUT2D eigenvalue weighted by molar-refractivity contribution is 0.356. The third kappa shape index (κ3) is 3.32. The Kier molecular flexibility index (Phi) is 5.41. The van der Waals surface area contributed by atoms with E-state index in [2.05, 4.69) is 16.7 Å². The second-order valence-electron chi connectivity index (χ2n) is 6.00. The van der Waals surface area contributed by atoms with E-state index in [1.165, 1.54) is 12.2 Å². The fourth-order valence-corrected chi connectivity index (χ4v) is 2.98. The molecule has 0 bridgehead atoms. The quantitative estimate of drug-likeness (QED) is 0.476. The van der Waals surface area contributed by atoms with Crippen molar-refractivity contribution in [3.63, 3.8) is 0 Å². The van der Waals surface area contributed by atoms with Crippen LogP contribution in [0, 0.1) is 11.3 Å². The first kappa shape index (κ1) is 19.1. The molecule has 0 aliphatic heterocycles. The highest BCUT2D eigenvalue weighted by atomic mass is 19.1. The summed E-state index contributed by atoms with van der Waals surface area (Å²) in [4.78, 5) is 4.50. The number of halogens is 1. The highest BCUT2D eigenvalue weighted by Crippen LogP contribution is 2.37. The Balaban J connectivity index is 2.22. The predicted octanol–water partition coefficient (Wildman–Crippen LogP) is 4.13. The van der Waals surface area contributed by atoms with Crippen LogP contribution < -0.4 is 9.47 Å². The lowest BCUT2D eigenvalue weighted by Gasteiger charge is -2.10. The zero-order valence-electron chi connectivity index (χ0n) is 15.9. The number of aryl methyl sites for hydroxylation is 1. The third-order valence-corrected chi connectivity index (χ3v) is 4.38. The summed E-state index contributed by atoms with van der Waals surface area (Å²) in [5.74, 6) is 1.17. The number of rotatable bonds is 6. The number of ether oxygens (including phenoxy) is 2. The molecule has 1 aromatic carbocycles. The molecule has 3 aromatic rings. The van der Waals surface area contributed by atoms with E-state index in [0.29, 0.717) is 22.8 Å². The Morgan fingerprint density at radius 1 is 1.29 bits per heavy atom. The van der Waals surface area contributed by atoms with Gasteiger partial charge in [-0.05, 0) is 23.8 Å². The highest BCUT2D eigenvalue weighted by Gasteiger charge is 2.17. The van der Waals surface area contributed by atoms with Crippen LogP contribution in [0.15, 0.2) is 48.7 Å². The number of benzene rings is 1. The molecule has 3 rings (SSSR count). The van der Waals surface area contributed by atoms with E-state index in [1.807, 2.05) is 19.2 Å². The Bertz CT molecular complexity index is 1170. The van der Waals surface area contributed by atoms with Gasteiger partial charge >= 0.3 is 0 Å². The van der Waals surface area contributed by atoms with Crippen molar-refractivity contribution < 1.29 is 13.9 Å². The molecule has 0 spiro atoms. The van der Waals surface area contributed by atoms with Crippen LogP contribution in [-0.4, -0.2) is 35.7 Å². The Morgan fingerprint density at radius 3 is 2.64 bits per heavy atom. The molecule has 0 saturated carbocycles. The minimum atomic E-state index is -0.704. The number of aromatic nitrogens is 3. The van der Waals surface area contributed by atoms with E-state index in [0.717, 1.165) is 21.8 Å². The first-order chi connectivity index (χ1) is 13.5. The lowest BCUT2D eigenvalue weighted by atomic mass is 10.0. The lowest BCUT2D eigenvalue weighted by Crippen LogP contribution is -1.93. The third-order valence-electron chi connectivity index (χ3n) is 4.38. The van der Waals surface area contributed by atoms with Gasteiger partial charge in [-0.25, -0.2) is 4.39 Å². The van der Waals surface area contributed by atoms with Crippen LogP contribution >= 0.6 is 0 Å². The Morgan fingerprint density at radius 2 is 2.00 bits per heavy atom. The maximum absolute atomic E-state index is 12.5. The molecule has 7 heteroatoms. The molecule has 2 heterocycles. The average molecular weight is 378 g/mol. The first-order valence-electron chi connectivity index (χ1n) is 8.45. The van der Waals surface area contributed by atoms with Crippen LogP contribution in [0.25, 0.3) is 27.4 Å². The van der Waals surface area contributed by atoms with Gasteiger partial charge in [0.2, 0.25) is 0 Å². The largest absolute Gasteiger partial charge is 0.493 e. The van der Waals surface area contributed by atoms with Crippen LogP contribution in [0.2, 0.25) is 0 Å². The number of methoxy groups -OCH3 is 2. The second kappa shape index (κ2) is 7.92. The van der Waals surface area contributed by atoms with Crippen molar-refractivity contribution >= 4 is 27.4 Å². The summed E-state index contributed by atoms with van der Waals surface area (Å²) in [6.45, 7) is 3.36. The van der Waals surface area contributed by atoms with Crippen molar-refractivity contribution in [3.8, 4) is 17.6 Å². The van der Waals surface area contributed by atoms with Gasteiger partial charge in [0.15, 0.2) is 11.5 Å². The molecule has 0 amide bonds. The maximum atomic E-state index is 12.5. The summed E-state index contributed by atoms with van der Waals surface area (Å²) in [6, 6.07) is 5.60. The molecule has 0 aliphatic carbocycles. The van der Waals surface area contributed by atoms with Crippen molar-refractivity contribution in [2.24, 2.45) is 7.05 Å². The van der Waals surface area contributed by atoms with Gasteiger partial charge < -0.3 is 9.47 Å². The van der Waals surface area contributed by atoms with E-state index in [4.69, 9.17) is 14.7 Å². The molecular weight excluding hydrogens is 359 g/mol. The fourth-order valence-electron chi connectivity index (χ4n) is 2.98. The summed E-state index contributed by atoms with van der Waals surface area (Å²) in [5.41, 5.74) is 3.01. The maximum Gasteiger partial charge on any atom is 0.162 e. The molecule has 0 atom stereocenters. The minimum absolute atomic E-state index is 0.224. The molecule has 6 nitrogen and oxygen atoms in total. The van der Waals surface area contributed by atoms with Gasteiger partial charge in [-0.3, -0.25) is 9.67 Å². The summed E-state index contributed by atoms with van der Waals surface area (Å²) in [7, 11) is 4.96. The zero-order valence-corrected chi connectivity index (χ0v) is 15.9. The van der Waals surface area contributed by atoms with Crippen LogP contribution in [-0.2, 0) is 7.05 Å². The van der Waals surface area contributed by atoms with Gasteiger partial charge in [0, 0.05) is 23.9 Å². The molecule has 28 heavy (non-hydrogen) atoms. The number of hydrogen-bond acceptors (Lipinski definition) is 5. The van der Waals surface area contributed by atoms with Crippen LogP contribution in [0.4, 0.5) is 4.39 Å². The van der Waals surface area contributed by atoms with Gasteiger partial charge in [-0.15, -0.1) is 0 Å². The second-order valence-corrected chi connectivity index (χ2v) is 6.00. The zero-order chi connectivity index (χ0) is 20.3. The average Bonchev–Trinajstić information content (AvgIpc) is 3.06. The van der Waals surface area contributed by atoms with E-state index in [1.54, 1.807) is 37.2 Å². The number of hydrogen-bond donors (Lipinski definition) is 0. The molecule has 0 saturated heterocycles. The number of pyridine rings is 1. The molecule has 0 aliphatic rings. The van der Waals surface area contributed by atoms with E-state index in [9.17, 15) is 4.39 Å². The smallest absolute Gasteiger partial charge is 0.162 e. The molecule has 142 valence electrons. The Hall–Kier alpha value is -3.66. The molecule has 0 fully saturated rings. The molecular formula is C21H19FN4O2. The number of nitrogens with zero attached hydrogens (tertiary/aromatic N) is 4. The summed E-state index contributed by atoms with van der Waals surface area (Å²) < 4.78 is 25.0. The van der Waals surface area contributed by atoms with E-state index < -0.39 is 6.67 Å². The normalized spacial score (nSPS) is 11.9. The first-order valence-corrected chi connectivity index (χ1v) is 8.45. The Labute approximate surface area is 161 Å². The van der Waals surface area contributed by atoms with Crippen molar-refractivity contribution in [1.29, 1.82) is 5.26 Å². The van der Waals surface area contributed by atoms with Crippen LogP contribution in [0.5, 0.6) is 11.5 Å². The summed E-state index contributed by atoms with van der Waals surface area (Å²) in [6.07, 6.45) is 6.12. The van der Waals surface area contributed by atoms with Gasteiger partial charge in [-0.2, -0.15) is 10.4 Å². The predicted molar refractivity (Wildman–Crippen MR) is 107 cm³/mol. The van der Waals surface area contributed by atoms with E-state index in [-0.39, 0.29) is 5.57 Å². The van der Waals surface area contributed by atoms with E-state index >= 15 is 0 Å². The van der Waals surface area contributed by atoms with Crippen molar-refractivity contribution in [2.75, 3.05) is 20.9 Å². The van der Waals surface area contributed by atoms with Crippen LogP contribution in [0.3, 0.4) is 0 Å². The molecule has 2 aromatic heterocycles. The topological polar surface area (TPSA) is 73.0 Å². The minimum Gasteiger partial charge on any atom is -0.493 e. The van der Waals surface area contributed by atoms with Gasteiger partial charge in [-0.1, -0.05) is 12.7 Å². The van der Waals surface area contributed by atoms with Crippen molar-refractivity contribution in [1.82, 2.24) is 14.8 Å². The van der Waals surface area contributed by atoms with Crippen molar-refractivity contribution in [3.05, 3.63) is 54.4 Å². The van der Waals surface area contributed by atoms with Gasteiger partial charge in [0.1, 0.15) is 12.4 Å². The number of allylic oxidation sites excluding steroid dienone is 5. The monoisotopic (exact) mass is 378 g/mol. The number of nitriles is 1. The van der Waals surface area contributed by atoms with Gasteiger partial charge in [0.25, 0.3) is 0 Å². The number of fused-ring (bicyclic) bond motifs is 3. The SMILES string of the molecule is C=C(/C=C\C(C#N)=C/CF)c1nn(C)c2cnc3cc(OC)c(OC)cc3c12. The van der Waals surface area contributed by atoms with Gasteiger partial charge in [0.05, 0.1) is 43.1 Å². The molecule has 0 unspecified atom stereocenters. The summed E-state index contributed by atoms with van der Waals surface area (Å²) in [5, 5.41) is 15.3. The summed E-state index contributed by atoms with van der Waals surface area (Å²) >= 11 is 0. The fraction of sp³-hybridized carbons (Fsp3) is 0.190. The number of alkyl halides is 1. The van der Waals surface area contributed by atoms with Crippen LogP contribution in [0.1, 0.15) is 5.69 Å². The highest BCUT2D eigenvalue weighted by molar-refractivity contribution is 6.10.